The van der Waals surface area contributed by atoms with E-state index in [1.807, 2.05) is 25.1 Å². The van der Waals surface area contributed by atoms with Gasteiger partial charge in [0.2, 0.25) is 11.4 Å². The lowest BCUT2D eigenvalue weighted by Gasteiger charge is -2.29. The van der Waals surface area contributed by atoms with E-state index in [4.69, 9.17) is 20.9 Å². The number of nitrogens with two attached hydrogens (primary N) is 2. The highest BCUT2D eigenvalue weighted by atomic mass is 19.1. The molecule has 10 nitrogen and oxygen atoms in total. The zero-order chi connectivity index (χ0) is 27.4. The van der Waals surface area contributed by atoms with Crippen molar-refractivity contribution in [1.82, 2.24) is 14.5 Å². The van der Waals surface area contributed by atoms with Crippen LogP contribution in [0.1, 0.15) is 41.4 Å². The standard InChI is InChI=1S/C28H27FN6O4/c1-3-38-27(37)19-12-35-14(2)13-39-25-22(20(29)9-18(23(25)35)24(19)36)16-4-5-21-15(8-16)6-7-34(21)11-17-10-32-28(31)33-26(17)30/h4-5,8-10,12,14H,3,6-7,11,13H2,1-2H3,(H4,30,31,32,33)/t14-/m0/s1. The summed E-state index contributed by atoms with van der Waals surface area (Å²) in [6, 6.07) is 6.77. The van der Waals surface area contributed by atoms with Crippen LogP contribution >= 0.6 is 0 Å². The van der Waals surface area contributed by atoms with Crippen molar-refractivity contribution in [2.45, 2.75) is 32.9 Å². The summed E-state index contributed by atoms with van der Waals surface area (Å²) in [7, 11) is 0. The first-order valence-corrected chi connectivity index (χ1v) is 12.7. The van der Waals surface area contributed by atoms with E-state index in [1.165, 1.54) is 12.3 Å². The van der Waals surface area contributed by atoms with Crippen LogP contribution in [0.2, 0.25) is 0 Å². The smallest absolute Gasteiger partial charge is 0.343 e. The van der Waals surface area contributed by atoms with Crippen LogP contribution in [0.4, 0.5) is 21.8 Å². The van der Waals surface area contributed by atoms with Crippen molar-refractivity contribution in [1.29, 1.82) is 0 Å². The van der Waals surface area contributed by atoms with Crippen LogP contribution in [0, 0.1) is 5.82 Å². The number of esters is 1. The van der Waals surface area contributed by atoms with Crippen LogP contribution in [-0.2, 0) is 17.7 Å². The molecule has 4 heterocycles. The molecule has 2 aliphatic heterocycles. The molecular formula is C28H27FN6O4. The van der Waals surface area contributed by atoms with Gasteiger partial charge in [-0.05, 0) is 49.6 Å². The monoisotopic (exact) mass is 530 g/mol. The van der Waals surface area contributed by atoms with Gasteiger partial charge in [-0.2, -0.15) is 4.98 Å². The molecule has 0 aliphatic carbocycles. The number of ether oxygens (including phenoxy) is 2. The Morgan fingerprint density at radius 1 is 1.28 bits per heavy atom. The fourth-order valence-corrected chi connectivity index (χ4v) is 5.40. The molecule has 0 amide bonds. The quantitative estimate of drug-likeness (QED) is 0.372. The van der Waals surface area contributed by atoms with Gasteiger partial charge >= 0.3 is 5.97 Å². The largest absolute Gasteiger partial charge is 0.488 e. The molecule has 6 rings (SSSR count). The average molecular weight is 531 g/mol. The Morgan fingerprint density at radius 3 is 2.87 bits per heavy atom. The molecule has 0 fully saturated rings. The number of nitrogen functional groups attached to an aromatic ring is 2. The van der Waals surface area contributed by atoms with Crippen LogP contribution < -0.4 is 26.5 Å². The number of pyridine rings is 1. The molecule has 0 bridgehead atoms. The first kappa shape index (κ1) is 24.7. The molecule has 4 aromatic rings. The van der Waals surface area contributed by atoms with Gasteiger partial charge in [-0.1, -0.05) is 6.07 Å². The van der Waals surface area contributed by atoms with Gasteiger partial charge in [0.05, 0.1) is 29.1 Å². The fraction of sp³-hybridized carbons (Fsp3) is 0.286. The van der Waals surface area contributed by atoms with Gasteiger partial charge in [-0.15, -0.1) is 0 Å². The lowest BCUT2D eigenvalue weighted by molar-refractivity contribution is 0.0523. The highest BCUT2D eigenvalue weighted by Crippen LogP contribution is 2.43. The van der Waals surface area contributed by atoms with E-state index < -0.39 is 17.2 Å². The summed E-state index contributed by atoms with van der Waals surface area (Å²) in [5.41, 5.74) is 15.2. The zero-order valence-electron chi connectivity index (χ0n) is 21.5. The topological polar surface area (TPSA) is 139 Å². The number of rotatable bonds is 5. The van der Waals surface area contributed by atoms with Gasteiger partial charge in [0.25, 0.3) is 0 Å². The first-order valence-electron chi connectivity index (χ1n) is 12.7. The molecule has 0 saturated carbocycles. The molecule has 4 N–H and O–H groups in total. The van der Waals surface area contributed by atoms with Gasteiger partial charge in [-0.25, -0.2) is 14.2 Å². The van der Waals surface area contributed by atoms with E-state index in [0.29, 0.717) is 23.4 Å². The fourth-order valence-electron chi connectivity index (χ4n) is 5.40. The highest BCUT2D eigenvalue weighted by molar-refractivity contribution is 5.98. The molecular weight excluding hydrogens is 503 g/mol. The number of nitrogens with zero attached hydrogens (tertiary/aromatic N) is 4. The minimum absolute atomic E-state index is 0.0824. The summed E-state index contributed by atoms with van der Waals surface area (Å²) in [6.07, 6.45) is 3.88. The molecule has 0 saturated heterocycles. The Bertz CT molecular complexity index is 1720. The van der Waals surface area contributed by atoms with Crippen LogP contribution in [0.3, 0.4) is 0 Å². The van der Waals surface area contributed by atoms with Crippen molar-refractivity contribution in [3.05, 3.63) is 69.4 Å². The number of anilines is 3. The third-order valence-corrected chi connectivity index (χ3v) is 7.30. The third-order valence-electron chi connectivity index (χ3n) is 7.30. The lowest BCUT2D eigenvalue weighted by Crippen LogP contribution is -2.27. The van der Waals surface area contributed by atoms with Gasteiger partial charge in [0, 0.05) is 36.7 Å². The maximum absolute atomic E-state index is 15.8. The van der Waals surface area contributed by atoms with Crippen molar-refractivity contribution in [3.8, 4) is 16.9 Å². The second kappa shape index (κ2) is 9.26. The average Bonchev–Trinajstić information content (AvgIpc) is 3.30. The maximum atomic E-state index is 15.8. The SMILES string of the molecule is CCOC(=O)c1cn2c3c(c(-c4ccc5c(c4)CCN5Cc4cnc(N)nc4N)c(F)cc3c1=O)OC[C@@H]2C. The van der Waals surface area contributed by atoms with Gasteiger partial charge in [0.15, 0.2) is 5.75 Å². The van der Waals surface area contributed by atoms with Crippen LogP contribution in [0.25, 0.3) is 22.0 Å². The summed E-state index contributed by atoms with van der Waals surface area (Å²) in [5.74, 6) is -0.569. The van der Waals surface area contributed by atoms with E-state index in [-0.39, 0.29) is 47.5 Å². The minimum atomic E-state index is -0.728. The number of carbonyl (C=O) groups excluding carboxylic acids is 1. The molecule has 2 aromatic carbocycles. The van der Waals surface area contributed by atoms with Crippen molar-refractivity contribution in [2.24, 2.45) is 0 Å². The number of hydrogen-bond acceptors (Lipinski definition) is 9. The maximum Gasteiger partial charge on any atom is 0.343 e. The summed E-state index contributed by atoms with van der Waals surface area (Å²) in [5, 5.41) is 0.0824. The van der Waals surface area contributed by atoms with Crippen LogP contribution in [0.5, 0.6) is 5.75 Å². The van der Waals surface area contributed by atoms with Gasteiger partial charge in [0.1, 0.15) is 23.8 Å². The second-order valence-electron chi connectivity index (χ2n) is 9.77. The van der Waals surface area contributed by atoms with E-state index in [0.717, 1.165) is 29.8 Å². The summed E-state index contributed by atoms with van der Waals surface area (Å²) in [6.45, 7) is 5.23. The van der Waals surface area contributed by atoms with E-state index in [9.17, 15) is 9.59 Å². The number of hydrogen-bond donors (Lipinski definition) is 2. The lowest BCUT2D eigenvalue weighted by atomic mass is 9.96. The van der Waals surface area contributed by atoms with Gasteiger partial charge < -0.3 is 30.4 Å². The van der Waals surface area contributed by atoms with E-state index in [1.54, 1.807) is 17.7 Å². The molecule has 1 atom stereocenters. The predicted octanol–water partition coefficient (Wildman–Crippen LogP) is 3.45. The highest BCUT2D eigenvalue weighted by Gasteiger charge is 2.30. The number of fused-ring (bicyclic) bond motifs is 1. The zero-order valence-corrected chi connectivity index (χ0v) is 21.5. The number of carbonyl (C=O) groups is 1. The Hall–Kier alpha value is -4.67. The van der Waals surface area contributed by atoms with E-state index >= 15 is 4.39 Å². The minimum Gasteiger partial charge on any atom is -0.488 e. The Balaban J connectivity index is 1.43. The molecule has 2 aromatic heterocycles. The summed E-state index contributed by atoms with van der Waals surface area (Å²) in [4.78, 5) is 35.9. The summed E-state index contributed by atoms with van der Waals surface area (Å²) < 4.78 is 28.7. The molecule has 0 spiro atoms. The van der Waals surface area contributed by atoms with Crippen molar-refractivity contribution in [3.63, 3.8) is 0 Å². The van der Waals surface area contributed by atoms with Crippen molar-refractivity contribution < 1.29 is 18.7 Å². The molecule has 200 valence electrons. The molecule has 2 aliphatic rings. The Morgan fingerprint density at radius 2 is 2.10 bits per heavy atom. The molecule has 11 heteroatoms. The normalized spacial score (nSPS) is 15.8. The van der Waals surface area contributed by atoms with Crippen molar-refractivity contribution >= 4 is 34.3 Å². The predicted molar refractivity (Wildman–Crippen MR) is 145 cm³/mol. The second-order valence-corrected chi connectivity index (χ2v) is 9.77. The molecule has 39 heavy (non-hydrogen) atoms. The third kappa shape index (κ3) is 4.01. The number of halogens is 1. The van der Waals surface area contributed by atoms with E-state index in [2.05, 4.69) is 14.9 Å². The number of benzene rings is 2. The Labute approximate surface area is 223 Å². The van der Waals surface area contributed by atoms with Crippen molar-refractivity contribution in [2.75, 3.05) is 36.1 Å². The van der Waals surface area contributed by atoms with Crippen LogP contribution in [0.15, 0.2) is 41.5 Å². The van der Waals surface area contributed by atoms with Gasteiger partial charge in [-0.3, -0.25) is 4.79 Å². The first-order chi connectivity index (χ1) is 18.8. The summed E-state index contributed by atoms with van der Waals surface area (Å²) >= 11 is 0. The molecule has 0 unspecified atom stereocenters. The molecule has 0 radical (unpaired) electrons. The van der Waals surface area contributed by atoms with Crippen LogP contribution in [-0.4, -0.2) is 40.3 Å². The number of aromatic nitrogens is 3. The Kier molecular flexibility index (Phi) is 5.86.